The van der Waals surface area contributed by atoms with E-state index in [1.807, 2.05) is 0 Å². The lowest BCUT2D eigenvalue weighted by Gasteiger charge is -2.09. The minimum Gasteiger partial charge on any atom is -0.370 e. The summed E-state index contributed by atoms with van der Waals surface area (Å²) in [4.78, 5) is 0. The molecule has 0 saturated heterocycles. The molecule has 112 valence electrons. The van der Waals surface area contributed by atoms with E-state index in [0.29, 0.717) is 0 Å². The maximum Gasteiger partial charge on any atom is 0.295 e. The van der Waals surface area contributed by atoms with Crippen molar-refractivity contribution < 1.29 is 31.1 Å². The summed E-state index contributed by atoms with van der Waals surface area (Å²) in [5.74, 6) is -7.44. The summed E-state index contributed by atoms with van der Waals surface area (Å²) in [5, 5.41) is -1.02. The second-order valence-electron chi connectivity index (χ2n) is 3.46. The molecule has 0 rings (SSSR count). The van der Waals surface area contributed by atoms with Crippen LogP contribution in [0.1, 0.15) is 0 Å². The molecular weight excluding hydrogens is 321 g/mol. The van der Waals surface area contributed by atoms with Gasteiger partial charge in [0.25, 0.3) is 11.8 Å². The van der Waals surface area contributed by atoms with Crippen LogP contribution in [0, 0.1) is 0 Å². The summed E-state index contributed by atoms with van der Waals surface area (Å²) < 4.78 is 78.1. The molecular formula is C10H10Cl2F6O. The first-order valence-corrected chi connectivity index (χ1v) is 5.57. The molecule has 0 aliphatic carbocycles. The van der Waals surface area contributed by atoms with E-state index in [9.17, 15) is 26.3 Å². The average molecular weight is 331 g/mol. The minimum absolute atomic E-state index is 0.141. The summed E-state index contributed by atoms with van der Waals surface area (Å²) >= 11 is 10.6. The van der Waals surface area contributed by atoms with Crippen LogP contribution in [-0.4, -0.2) is 38.4 Å². The number of ether oxygens (including phenoxy) is 1. The van der Waals surface area contributed by atoms with Crippen molar-refractivity contribution in [2.24, 2.45) is 0 Å². The van der Waals surface area contributed by atoms with Crippen LogP contribution in [-0.2, 0) is 4.74 Å². The topological polar surface area (TPSA) is 9.23 Å². The van der Waals surface area contributed by atoms with Crippen molar-refractivity contribution in [3.63, 3.8) is 0 Å². The number of halogens is 8. The van der Waals surface area contributed by atoms with Gasteiger partial charge in [0.15, 0.2) is 13.3 Å². The summed E-state index contributed by atoms with van der Waals surface area (Å²) in [7, 11) is 0. The Morgan fingerprint density at radius 2 is 1.16 bits per heavy atom. The van der Waals surface area contributed by atoms with E-state index >= 15 is 0 Å². The van der Waals surface area contributed by atoms with E-state index in [1.165, 1.54) is 0 Å². The Kier molecular flexibility index (Phi) is 7.85. The van der Waals surface area contributed by atoms with Crippen molar-refractivity contribution in [1.29, 1.82) is 0 Å². The Morgan fingerprint density at radius 3 is 1.42 bits per heavy atom. The van der Waals surface area contributed by atoms with Crippen LogP contribution in [0.2, 0.25) is 0 Å². The number of allylic oxidation sites excluding steroid dienone is 2. The molecule has 0 aromatic rings. The van der Waals surface area contributed by atoms with Gasteiger partial charge < -0.3 is 4.74 Å². The fourth-order valence-corrected chi connectivity index (χ4v) is 1.34. The van der Waals surface area contributed by atoms with Crippen molar-refractivity contribution in [1.82, 2.24) is 0 Å². The Labute approximate surface area is 115 Å². The standard InChI is InChI=1S/C10H10Cl2F6O/c11-7(1-9(15,16)5-13)3-19-4-8(12)2-10(17,18)6-14/h1-2H,3-6H2. The Morgan fingerprint density at radius 1 is 0.842 bits per heavy atom. The van der Waals surface area contributed by atoms with Crippen LogP contribution in [0.25, 0.3) is 0 Å². The van der Waals surface area contributed by atoms with Crippen LogP contribution < -0.4 is 0 Å². The van der Waals surface area contributed by atoms with Gasteiger partial charge in [-0.3, -0.25) is 0 Å². The Hall–Kier alpha value is -0.400. The van der Waals surface area contributed by atoms with Crippen molar-refractivity contribution in [2.45, 2.75) is 11.8 Å². The molecule has 0 spiro atoms. The first-order chi connectivity index (χ1) is 8.62. The fraction of sp³-hybridized carbons (Fsp3) is 0.600. The van der Waals surface area contributed by atoms with Crippen LogP contribution in [0.3, 0.4) is 0 Å². The third-order valence-corrected chi connectivity index (χ3v) is 2.01. The lowest BCUT2D eigenvalue weighted by atomic mass is 10.3. The van der Waals surface area contributed by atoms with Crippen molar-refractivity contribution >= 4 is 23.2 Å². The van der Waals surface area contributed by atoms with Crippen LogP contribution in [0.5, 0.6) is 0 Å². The van der Waals surface area contributed by atoms with E-state index in [1.54, 1.807) is 0 Å². The molecule has 19 heavy (non-hydrogen) atoms. The average Bonchev–Trinajstić information content (AvgIpc) is 2.27. The van der Waals surface area contributed by atoms with Crippen LogP contribution in [0.15, 0.2) is 22.2 Å². The third kappa shape index (κ3) is 9.18. The maximum atomic E-state index is 12.5. The molecule has 0 bridgehead atoms. The maximum absolute atomic E-state index is 12.5. The highest BCUT2D eigenvalue weighted by Crippen LogP contribution is 2.21. The predicted octanol–water partition coefficient (Wildman–Crippen LogP) is 4.46. The number of hydrogen-bond donors (Lipinski definition) is 0. The minimum atomic E-state index is -3.72. The predicted molar refractivity (Wildman–Crippen MR) is 60.5 cm³/mol. The summed E-state index contributed by atoms with van der Waals surface area (Å²) in [6.45, 7) is -4.98. The Bertz CT molecular complexity index is 311. The molecule has 9 heteroatoms. The van der Waals surface area contributed by atoms with Gasteiger partial charge >= 0.3 is 0 Å². The van der Waals surface area contributed by atoms with Gasteiger partial charge in [-0.15, -0.1) is 0 Å². The van der Waals surface area contributed by atoms with Crippen molar-refractivity contribution in [3.8, 4) is 0 Å². The van der Waals surface area contributed by atoms with Crippen molar-refractivity contribution in [3.05, 3.63) is 22.2 Å². The summed E-state index contributed by atoms with van der Waals surface area (Å²) in [6.07, 6.45) is 0.282. The highest BCUT2D eigenvalue weighted by molar-refractivity contribution is 6.30. The van der Waals surface area contributed by atoms with Gasteiger partial charge in [-0.1, -0.05) is 23.2 Å². The third-order valence-electron chi connectivity index (χ3n) is 1.57. The van der Waals surface area contributed by atoms with Crippen LogP contribution >= 0.6 is 23.2 Å². The van der Waals surface area contributed by atoms with Gasteiger partial charge in [-0.2, -0.15) is 17.6 Å². The van der Waals surface area contributed by atoms with E-state index in [0.717, 1.165) is 0 Å². The molecule has 0 aliphatic heterocycles. The van der Waals surface area contributed by atoms with E-state index in [-0.39, 0.29) is 12.2 Å². The van der Waals surface area contributed by atoms with Gasteiger partial charge in [-0.25, -0.2) is 8.78 Å². The quantitative estimate of drug-likeness (QED) is 0.597. The fourth-order valence-electron chi connectivity index (χ4n) is 0.865. The molecule has 0 heterocycles. The molecule has 0 radical (unpaired) electrons. The van der Waals surface area contributed by atoms with Gasteiger partial charge in [-0.05, 0) is 0 Å². The monoisotopic (exact) mass is 330 g/mol. The SMILES string of the molecule is FCC(F)(F)C=C(Cl)COCC(Cl)=CC(F)(F)CF. The molecule has 0 saturated carbocycles. The number of hydrogen-bond acceptors (Lipinski definition) is 1. The zero-order valence-electron chi connectivity index (χ0n) is 9.42. The normalized spacial score (nSPS) is 14.9. The second-order valence-corrected chi connectivity index (χ2v) is 4.44. The molecule has 0 fully saturated rings. The molecule has 0 aromatic heterocycles. The zero-order chi connectivity index (χ0) is 15.1. The van der Waals surface area contributed by atoms with Gasteiger partial charge in [0.2, 0.25) is 0 Å². The molecule has 0 atom stereocenters. The van der Waals surface area contributed by atoms with Crippen LogP contribution in [0.4, 0.5) is 26.3 Å². The zero-order valence-corrected chi connectivity index (χ0v) is 10.9. The van der Waals surface area contributed by atoms with E-state index in [2.05, 4.69) is 4.74 Å². The molecule has 0 aromatic carbocycles. The molecule has 0 N–H and O–H groups in total. The Balaban J connectivity index is 4.25. The molecule has 1 nitrogen and oxygen atoms in total. The highest BCUT2D eigenvalue weighted by Gasteiger charge is 2.27. The summed E-state index contributed by atoms with van der Waals surface area (Å²) in [5.41, 5.74) is 0. The van der Waals surface area contributed by atoms with Crippen molar-refractivity contribution in [2.75, 3.05) is 26.6 Å². The highest BCUT2D eigenvalue weighted by atomic mass is 35.5. The first-order valence-electron chi connectivity index (χ1n) is 4.81. The van der Waals surface area contributed by atoms with E-state index < -0.39 is 48.5 Å². The smallest absolute Gasteiger partial charge is 0.295 e. The lowest BCUT2D eigenvalue weighted by molar-refractivity contribution is 0.0259. The largest absolute Gasteiger partial charge is 0.370 e. The second kappa shape index (κ2) is 8.01. The van der Waals surface area contributed by atoms with Gasteiger partial charge in [0, 0.05) is 22.2 Å². The molecule has 0 amide bonds. The first kappa shape index (κ1) is 18.6. The molecule has 0 aliphatic rings. The van der Waals surface area contributed by atoms with Gasteiger partial charge in [0.1, 0.15) is 0 Å². The summed E-state index contributed by atoms with van der Waals surface area (Å²) in [6, 6.07) is 0. The lowest BCUT2D eigenvalue weighted by Crippen LogP contribution is -2.16. The number of rotatable bonds is 8. The van der Waals surface area contributed by atoms with E-state index in [4.69, 9.17) is 23.2 Å². The molecule has 0 unspecified atom stereocenters. The number of alkyl halides is 6. The van der Waals surface area contributed by atoms with Gasteiger partial charge in [0.05, 0.1) is 13.2 Å².